The summed E-state index contributed by atoms with van der Waals surface area (Å²) in [4.78, 5) is 19.0. The second kappa shape index (κ2) is 8.48. The van der Waals surface area contributed by atoms with Crippen molar-refractivity contribution in [3.8, 4) is 0 Å². The largest absolute Gasteiger partial charge is 0.356 e. The van der Waals surface area contributed by atoms with Crippen LogP contribution in [-0.4, -0.2) is 29.9 Å². The summed E-state index contributed by atoms with van der Waals surface area (Å²) in [5, 5.41) is 2.25. The molecule has 0 saturated carbocycles. The van der Waals surface area contributed by atoms with Gasteiger partial charge in [0.25, 0.3) is 5.91 Å². The summed E-state index contributed by atoms with van der Waals surface area (Å²) in [6.45, 7) is 0.186. The number of halogens is 4. The zero-order valence-corrected chi connectivity index (χ0v) is 16.3. The van der Waals surface area contributed by atoms with E-state index in [0.717, 1.165) is 6.20 Å². The molecule has 0 radical (unpaired) electrons. The van der Waals surface area contributed by atoms with E-state index in [0.29, 0.717) is 10.6 Å². The van der Waals surface area contributed by atoms with Gasteiger partial charge < -0.3 is 10.2 Å². The fourth-order valence-corrected chi connectivity index (χ4v) is 3.53. The molecular formula is C18H18ClF3N4OS. The normalized spacial score (nSPS) is 16.5. The molecule has 0 atom stereocenters. The Bertz CT molecular complexity index is 912. The van der Waals surface area contributed by atoms with Gasteiger partial charge >= 0.3 is 0 Å². The molecule has 0 aliphatic carbocycles. The summed E-state index contributed by atoms with van der Waals surface area (Å²) in [6.07, 6.45) is 0.612. The first kappa shape index (κ1) is 20.6. The SMILES string of the molecule is N=[SH]c1cccc(NC(=O)c2c(N3CCCC(F)(F)CC3)ncc(Cl)c2F)c1. The summed E-state index contributed by atoms with van der Waals surface area (Å²) in [5.74, 6) is -4.53. The van der Waals surface area contributed by atoms with Crippen LogP contribution < -0.4 is 10.2 Å². The van der Waals surface area contributed by atoms with Gasteiger partial charge in [0.15, 0.2) is 5.82 Å². The Labute approximate surface area is 168 Å². The molecule has 2 aromatic rings. The molecule has 3 rings (SSSR count). The molecule has 0 spiro atoms. The Balaban J connectivity index is 1.94. The van der Waals surface area contributed by atoms with Gasteiger partial charge in [-0.25, -0.2) is 18.2 Å². The van der Waals surface area contributed by atoms with Crippen molar-refractivity contribution in [1.29, 1.82) is 4.78 Å². The van der Waals surface area contributed by atoms with Crippen molar-refractivity contribution in [1.82, 2.24) is 4.98 Å². The number of pyridine rings is 1. The van der Waals surface area contributed by atoms with Crippen molar-refractivity contribution in [3.05, 3.63) is 46.9 Å². The van der Waals surface area contributed by atoms with Crippen LogP contribution in [0.3, 0.4) is 0 Å². The van der Waals surface area contributed by atoms with Gasteiger partial charge in [-0.15, -0.1) is 0 Å². The van der Waals surface area contributed by atoms with E-state index in [9.17, 15) is 18.0 Å². The van der Waals surface area contributed by atoms with Crippen LogP contribution in [-0.2, 0) is 11.6 Å². The minimum atomic E-state index is -2.79. The third kappa shape index (κ3) is 4.64. The number of carbonyl (C=O) groups is 1. The van der Waals surface area contributed by atoms with E-state index in [1.807, 2.05) is 0 Å². The summed E-state index contributed by atoms with van der Waals surface area (Å²) in [6, 6.07) is 6.58. The first-order valence-corrected chi connectivity index (χ1v) is 9.83. The zero-order chi connectivity index (χ0) is 20.3. The minimum Gasteiger partial charge on any atom is -0.356 e. The lowest BCUT2D eigenvalue weighted by Gasteiger charge is -2.24. The topological polar surface area (TPSA) is 69.1 Å². The van der Waals surface area contributed by atoms with Gasteiger partial charge in [0.05, 0.1) is 11.2 Å². The van der Waals surface area contributed by atoms with E-state index >= 15 is 0 Å². The molecule has 1 aromatic carbocycles. The molecule has 10 heteroatoms. The molecule has 1 aliphatic heterocycles. The van der Waals surface area contributed by atoms with Crippen molar-refractivity contribution >= 4 is 40.6 Å². The van der Waals surface area contributed by atoms with Gasteiger partial charge in [-0.3, -0.25) is 9.57 Å². The van der Waals surface area contributed by atoms with Crippen LogP contribution in [0.15, 0.2) is 35.4 Å². The van der Waals surface area contributed by atoms with Crippen LogP contribution in [0.4, 0.5) is 24.7 Å². The highest BCUT2D eigenvalue weighted by Crippen LogP contribution is 2.32. The molecule has 150 valence electrons. The van der Waals surface area contributed by atoms with Crippen molar-refractivity contribution in [2.45, 2.75) is 30.1 Å². The fourth-order valence-electron chi connectivity index (χ4n) is 3.02. The van der Waals surface area contributed by atoms with Gasteiger partial charge in [-0.1, -0.05) is 29.2 Å². The van der Waals surface area contributed by atoms with Crippen LogP contribution in [0.5, 0.6) is 0 Å². The van der Waals surface area contributed by atoms with Crippen molar-refractivity contribution in [2.75, 3.05) is 23.3 Å². The second-order valence-electron chi connectivity index (χ2n) is 6.43. The van der Waals surface area contributed by atoms with Gasteiger partial charge in [-0.2, -0.15) is 0 Å². The van der Waals surface area contributed by atoms with Crippen LogP contribution in [0, 0.1) is 10.6 Å². The highest BCUT2D eigenvalue weighted by Gasteiger charge is 2.34. The van der Waals surface area contributed by atoms with Gasteiger partial charge in [0.1, 0.15) is 11.4 Å². The van der Waals surface area contributed by atoms with Crippen molar-refractivity contribution < 1.29 is 18.0 Å². The number of carbonyl (C=O) groups excluding carboxylic acids is 1. The molecule has 0 bridgehead atoms. The number of aromatic nitrogens is 1. The molecule has 28 heavy (non-hydrogen) atoms. The third-order valence-electron chi connectivity index (χ3n) is 4.43. The van der Waals surface area contributed by atoms with Crippen LogP contribution >= 0.6 is 11.6 Å². The maximum absolute atomic E-state index is 14.7. The van der Waals surface area contributed by atoms with E-state index in [-0.39, 0.29) is 53.9 Å². The quantitative estimate of drug-likeness (QED) is 0.616. The standard InChI is InChI=1S/C18H18ClF3N4OS/c19-13-10-24-16(26-7-2-5-18(21,22)6-8-26)14(15(13)20)17(27)25-11-3-1-4-12(9-11)28-23/h1,3-4,9-10,23,28H,2,5-8H2,(H,25,27). The number of hydrogen-bond acceptors (Lipinski definition) is 4. The highest BCUT2D eigenvalue weighted by molar-refractivity contribution is 7.66. The number of rotatable bonds is 4. The smallest absolute Gasteiger partial charge is 0.262 e. The Morgan fingerprint density at radius 3 is 2.86 bits per heavy atom. The molecule has 1 aromatic heterocycles. The lowest BCUT2D eigenvalue weighted by Crippen LogP contribution is -2.30. The molecule has 5 nitrogen and oxygen atoms in total. The highest BCUT2D eigenvalue weighted by atomic mass is 35.5. The monoisotopic (exact) mass is 430 g/mol. The first-order chi connectivity index (χ1) is 13.3. The van der Waals surface area contributed by atoms with Gasteiger partial charge in [0.2, 0.25) is 5.92 Å². The molecule has 1 aliphatic rings. The third-order valence-corrected chi connectivity index (χ3v) is 5.23. The molecule has 2 N–H and O–H groups in total. The summed E-state index contributed by atoms with van der Waals surface area (Å²) in [7, 11) is 0. The van der Waals surface area contributed by atoms with E-state index in [2.05, 4.69) is 10.3 Å². The summed E-state index contributed by atoms with van der Waals surface area (Å²) >= 11 is 6.09. The van der Waals surface area contributed by atoms with E-state index < -0.39 is 24.1 Å². The van der Waals surface area contributed by atoms with Crippen LogP contribution in [0.1, 0.15) is 29.6 Å². The lowest BCUT2D eigenvalue weighted by molar-refractivity contribution is -0.0102. The zero-order valence-electron chi connectivity index (χ0n) is 14.7. The minimum absolute atomic E-state index is 0.00753. The number of amides is 1. The number of anilines is 2. The summed E-state index contributed by atoms with van der Waals surface area (Å²) < 4.78 is 49.5. The predicted octanol–water partition coefficient (Wildman–Crippen LogP) is 4.69. The van der Waals surface area contributed by atoms with E-state index in [4.69, 9.17) is 16.4 Å². The average molecular weight is 431 g/mol. The van der Waals surface area contributed by atoms with E-state index in [1.165, 1.54) is 4.90 Å². The Morgan fingerprint density at radius 2 is 2.11 bits per heavy atom. The Morgan fingerprint density at radius 1 is 1.32 bits per heavy atom. The van der Waals surface area contributed by atoms with E-state index in [1.54, 1.807) is 24.3 Å². The molecule has 1 saturated heterocycles. The van der Waals surface area contributed by atoms with Crippen molar-refractivity contribution in [2.24, 2.45) is 0 Å². The number of benzene rings is 1. The molecular weight excluding hydrogens is 413 g/mol. The van der Waals surface area contributed by atoms with Crippen molar-refractivity contribution in [3.63, 3.8) is 0 Å². The van der Waals surface area contributed by atoms with Gasteiger partial charge in [-0.05, 0) is 24.6 Å². The maximum Gasteiger partial charge on any atom is 0.262 e. The Kier molecular flexibility index (Phi) is 6.24. The number of nitrogens with zero attached hydrogens (tertiary/aromatic N) is 2. The number of nitrogens with one attached hydrogen (secondary N) is 2. The fraction of sp³-hybridized carbons (Fsp3) is 0.333. The lowest BCUT2D eigenvalue weighted by atomic mass is 10.1. The number of thiol groups is 1. The molecule has 2 heterocycles. The maximum atomic E-state index is 14.7. The van der Waals surface area contributed by atoms with Gasteiger partial charge in [0, 0.05) is 36.5 Å². The number of alkyl halides is 2. The molecule has 1 amide bonds. The predicted molar refractivity (Wildman–Crippen MR) is 104 cm³/mol. The van der Waals surface area contributed by atoms with Crippen LogP contribution in [0.25, 0.3) is 0 Å². The molecule has 0 unspecified atom stereocenters. The number of hydrogen-bond donors (Lipinski definition) is 3. The van der Waals surface area contributed by atoms with Crippen LogP contribution in [0.2, 0.25) is 5.02 Å². The first-order valence-electron chi connectivity index (χ1n) is 8.56. The second-order valence-corrected chi connectivity index (χ2v) is 7.58. The summed E-state index contributed by atoms with van der Waals surface area (Å²) in [5.41, 5.74) is 0.00141. The average Bonchev–Trinajstić information content (AvgIpc) is 2.84. The Hall–Kier alpha value is -2.13. The molecule has 1 fully saturated rings.